The van der Waals surface area contributed by atoms with Crippen LogP contribution in [0.2, 0.25) is 0 Å². The summed E-state index contributed by atoms with van der Waals surface area (Å²) in [6, 6.07) is 5.37. The Hall–Kier alpha value is -2.44. The van der Waals surface area contributed by atoms with Gasteiger partial charge < -0.3 is 5.32 Å². The number of nitro groups is 1. The lowest BCUT2D eigenvalue weighted by molar-refractivity contribution is -0.384. The van der Waals surface area contributed by atoms with Crippen LogP contribution in [0.25, 0.3) is 0 Å². The van der Waals surface area contributed by atoms with E-state index in [1.807, 2.05) is 0 Å². The van der Waals surface area contributed by atoms with Gasteiger partial charge in [0.05, 0.1) is 17.8 Å². The Labute approximate surface area is 96.9 Å². The number of anilines is 1. The van der Waals surface area contributed by atoms with Crippen molar-refractivity contribution < 1.29 is 9.72 Å². The minimum atomic E-state index is -0.487. The van der Waals surface area contributed by atoms with E-state index in [4.69, 9.17) is 0 Å². The zero-order chi connectivity index (χ0) is 12.3. The summed E-state index contributed by atoms with van der Waals surface area (Å²) < 4.78 is 0. The first-order valence-electron chi connectivity index (χ1n) is 4.99. The zero-order valence-electron chi connectivity index (χ0n) is 8.87. The number of carbonyl (C=O) groups excluding carboxylic acids is 1. The molecule has 0 saturated carbocycles. The summed E-state index contributed by atoms with van der Waals surface area (Å²) in [5, 5.41) is 13.1. The van der Waals surface area contributed by atoms with Gasteiger partial charge in [0.25, 0.3) is 5.69 Å². The van der Waals surface area contributed by atoms with Gasteiger partial charge in [-0.05, 0) is 12.1 Å². The Kier molecular flexibility index (Phi) is 2.99. The molecule has 1 N–H and O–H groups in total. The third kappa shape index (κ3) is 2.57. The van der Waals surface area contributed by atoms with Gasteiger partial charge >= 0.3 is 6.03 Å². The van der Waals surface area contributed by atoms with E-state index >= 15 is 0 Å². The van der Waals surface area contributed by atoms with Gasteiger partial charge in [-0.2, -0.15) is 0 Å². The Bertz CT molecular complexity index is 469. The molecular weight excluding hydrogens is 224 g/mol. The molecule has 1 aromatic rings. The first kappa shape index (κ1) is 11.1. The maximum atomic E-state index is 11.6. The van der Waals surface area contributed by atoms with Crippen LogP contribution in [0.15, 0.2) is 29.3 Å². The molecule has 7 heteroatoms. The molecule has 88 valence electrons. The van der Waals surface area contributed by atoms with Crippen LogP contribution >= 0.6 is 0 Å². The molecule has 0 atom stereocenters. The average molecular weight is 234 g/mol. The van der Waals surface area contributed by atoms with E-state index in [1.54, 1.807) is 0 Å². The smallest absolute Gasteiger partial charge is 0.308 e. The standard InChI is InChI=1S/C10H10N4O3/c15-10(13-6-5-11-7-13)12-8-1-3-9(4-2-8)14(16)17/h1-4,7H,5-6H2,(H,12,15). The highest BCUT2D eigenvalue weighted by Gasteiger charge is 2.14. The molecule has 2 rings (SSSR count). The number of rotatable bonds is 2. The maximum Gasteiger partial charge on any atom is 0.327 e. The lowest BCUT2D eigenvalue weighted by atomic mass is 10.3. The Morgan fingerprint density at radius 3 is 2.65 bits per heavy atom. The maximum absolute atomic E-state index is 11.6. The van der Waals surface area contributed by atoms with Crippen LogP contribution in [0.1, 0.15) is 0 Å². The van der Waals surface area contributed by atoms with Crippen molar-refractivity contribution in [1.29, 1.82) is 0 Å². The summed E-state index contributed by atoms with van der Waals surface area (Å²) in [5.41, 5.74) is 0.506. The fourth-order valence-corrected chi connectivity index (χ4v) is 1.40. The molecule has 1 heterocycles. The summed E-state index contributed by atoms with van der Waals surface area (Å²) >= 11 is 0. The molecule has 0 unspecified atom stereocenters. The van der Waals surface area contributed by atoms with E-state index in [1.165, 1.54) is 35.5 Å². The minimum Gasteiger partial charge on any atom is -0.308 e. The van der Waals surface area contributed by atoms with E-state index in [9.17, 15) is 14.9 Å². The van der Waals surface area contributed by atoms with Gasteiger partial charge in [0.2, 0.25) is 0 Å². The quantitative estimate of drug-likeness (QED) is 0.620. The number of carbonyl (C=O) groups is 1. The zero-order valence-corrected chi connectivity index (χ0v) is 8.87. The number of urea groups is 1. The number of aliphatic imine (C=N–C) groups is 1. The van der Waals surface area contributed by atoms with Crippen LogP contribution in [-0.4, -0.2) is 35.3 Å². The van der Waals surface area contributed by atoms with E-state index in [-0.39, 0.29) is 11.7 Å². The third-order valence-electron chi connectivity index (χ3n) is 2.28. The Balaban J connectivity index is 2.01. The predicted molar refractivity (Wildman–Crippen MR) is 62.2 cm³/mol. The lowest BCUT2D eigenvalue weighted by Crippen LogP contribution is -2.32. The molecule has 0 saturated heterocycles. The fourth-order valence-electron chi connectivity index (χ4n) is 1.40. The number of hydrogen-bond donors (Lipinski definition) is 1. The number of amides is 2. The van der Waals surface area contributed by atoms with Gasteiger partial charge in [0.15, 0.2) is 0 Å². The second-order valence-corrected chi connectivity index (χ2v) is 3.45. The second-order valence-electron chi connectivity index (χ2n) is 3.45. The fraction of sp³-hybridized carbons (Fsp3) is 0.200. The number of nitrogens with one attached hydrogen (secondary N) is 1. The molecule has 1 aliphatic heterocycles. The normalized spacial score (nSPS) is 13.8. The highest BCUT2D eigenvalue weighted by molar-refractivity contribution is 5.96. The first-order valence-corrected chi connectivity index (χ1v) is 4.99. The molecule has 0 bridgehead atoms. The van der Waals surface area contributed by atoms with Crippen LogP contribution in [-0.2, 0) is 0 Å². The molecule has 1 aromatic carbocycles. The molecule has 0 spiro atoms. The number of non-ortho nitro benzene ring substituents is 1. The van der Waals surface area contributed by atoms with E-state index < -0.39 is 4.92 Å². The largest absolute Gasteiger partial charge is 0.327 e. The number of nitrogens with zero attached hydrogens (tertiary/aromatic N) is 3. The van der Waals surface area contributed by atoms with Gasteiger partial charge in [-0.15, -0.1) is 0 Å². The van der Waals surface area contributed by atoms with Gasteiger partial charge in [0, 0.05) is 24.4 Å². The first-order chi connectivity index (χ1) is 8.16. The van der Waals surface area contributed by atoms with Gasteiger partial charge in [0.1, 0.15) is 0 Å². The molecule has 0 aromatic heterocycles. The summed E-state index contributed by atoms with van der Waals surface area (Å²) in [7, 11) is 0. The van der Waals surface area contributed by atoms with Crippen molar-refractivity contribution in [2.24, 2.45) is 4.99 Å². The molecule has 17 heavy (non-hydrogen) atoms. The molecule has 7 nitrogen and oxygen atoms in total. The molecule has 0 radical (unpaired) electrons. The van der Waals surface area contributed by atoms with Crippen molar-refractivity contribution in [2.75, 3.05) is 18.4 Å². The predicted octanol–water partition coefficient (Wildman–Crippen LogP) is 1.47. The Morgan fingerprint density at radius 2 is 2.12 bits per heavy atom. The molecule has 2 amide bonds. The van der Waals surface area contributed by atoms with Crippen molar-refractivity contribution in [1.82, 2.24) is 4.90 Å². The number of hydrogen-bond acceptors (Lipinski definition) is 4. The SMILES string of the molecule is O=C(Nc1ccc([N+](=O)[O-])cc1)N1C=NCC1. The average Bonchev–Trinajstić information content (AvgIpc) is 2.83. The van der Waals surface area contributed by atoms with Crippen LogP contribution in [0, 0.1) is 10.1 Å². The topological polar surface area (TPSA) is 87.8 Å². The van der Waals surface area contributed by atoms with Crippen molar-refractivity contribution in [3.05, 3.63) is 34.4 Å². The monoisotopic (exact) mass is 234 g/mol. The van der Waals surface area contributed by atoms with Gasteiger partial charge in [-0.3, -0.25) is 20.0 Å². The highest BCUT2D eigenvalue weighted by Crippen LogP contribution is 2.15. The lowest BCUT2D eigenvalue weighted by Gasteiger charge is -2.12. The second kappa shape index (κ2) is 4.60. The van der Waals surface area contributed by atoms with E-state index in [0.29, 0.717) is 18.8 Å². The number of nitro benzene ring substituents is 1. The van der Waals surface area contributed by atoms with Crippen LogP contribution in [0.5, 0.6) is 0 Å². The van der Waals surface area contributed by atoms with Gasteiger partial charge in [-0.1, -0.05) is 0 Å². The number of benzene rings is 1. The van der Waals surface area contributed by atoms with Crippen LogP contribution in [0.4, 0.5) is 16.2 Å². The Morgan fingerprint density at radius 1 is 1.41 bits per heavy atom. The summed E-state index contributed by atoms with van der Waals surface area (Å²) in [5.74, 6) is 0. The molecular formula is C10H10N4O3. The van der Waals surface area contributed by atoms with E-state index in [0.717, 1.165) is 0 Å². The van der Waals surface area contributed by atoms with Crippen LogP contribution < -0.4 is 5.32 Å². The third-order valence-corrected chi connectivity index (χ3v) is 2.28. The summed E-state index contributed by atoms with van der Waals surface area (Å²) in [4.78, 5) is 26.9. The molecule has 0 fully saturated rings. The highest BCUT2D eigenvalue weighted by atomic mass is 16.6. The molecule has 1 aliphatic rings. The van der Waals surface area contributed by atoms with Crippen molar-refractivity contribution in [3.63, 3.8) is 0 Å². The van der Waals surface area contributed by atoms with Gasteiger partial charge in [-0.25, -0.2) is 4.79 Å². The summed E-state index contributed by atoms with van der Waals surface area (Å²) in [6.07, 6.45) is 1.47. The van der Waals surface area contributed by atoms with Crippen LogP contribution in [0.3, 0.4) is 0 Å². The van der Waals surface area contributed by atoms with Crippen molar-refractivity contribution >= 4 is 23.7 Å². The van der Waals surface area contributed by atoms with Crippen molar-refractivity contribution in [2.45, 2.75) is 0 Å². The minimum absolute atomic E-state index is 0.00858. The van der Waals surface area contributed by atoms with E-state index in [2.05, 4.69) is 10.3 Å². The summed E-state index contributed by atoms with van der Waals surface area (Å²) in [6.45, 7) is 1.16. The molecule has 0 aliphatic carbocycles. The van der Waals surface area contributed by atoms with Crippen molar-refractivity contribution in [3.8, 4) is 0 Å².